The first kappa shape index (κ1) is 10.8. The van der Waals surface area contributed by atoms with Crippen molar-refractivity contribution < 1.29 is 9.90 Å². The maximum Gasteiger partial charge on any atom is 0.407 e. The van der Waals surface area contributed by atoms with E-state index in [1.54, 1.807) is 18.3 Å². The predicted octanol–water partition coefficient (Wildman–Crippen LogP) is 0.837. The van der Waals surface area contributed by atoms with E-state index in [2.05, 4.69) is 9.97 Å². The fourth-order valence-electron chi connectivity index (χ4n) is 2.39. The third kappa shape index (κ3) is 1.55. The maximum absolute atomic E-state index is 11.8. The van der Waals surface area contributed by atoms with Gasteiger partial charge < -0.3 is 5.11 Å². The molecule has 1 unspecified atom stereocenters. The SMILES string of the molecule is O=C(O)N1CCCC1c1nc2cccn2c(=O)[nH]1. The zero-order valence-corrected chi connectivity index (χ0v) is 9.54. The highest BCUT2D eigenvalue weighted by atomic mass is 16.4. The average molecular weight is 248 g/mol. The van der Waals surface area contributed by atoms with Crippen LogP contribution in [0.4, 0.5) is 4.79 Å². The first-order chi connectivity index (χ1) is 8.66. The highest BCUT2D eigenvalue weighted by molar-refractivity contribution is 5.66. The van der Waals surface area contributed by atoms with Crippen LogP contribution in [0.1, 0.15) is 24.7 Å². The van der Waals surface area contributed by atoms with Crippen LogP contribution in [0.25, 0.3) is 5.65 Å². The molecule has 18 heavy (non-hydrogen) atoms. The fourth-order valence-corrected chi connectivity index (χ4v) is 2.39. The van der Waals surface area contributed by atoms with E-state index in [1.807, 2.05) is 0 Å². The number of hydrogen-bond donors (Lipinski definition) is 2. The molecule has 94 valence electrons. The molecule has 0 bridgehead atoms. The van der Waals surface area contributed by atoms with Crippen molar-refractivity contribution >= 4 is 11.7 Å². The number of nitrogens with zero attached hydrogens (tertiary/aromatic N) is 3. The lowest BCUT2D eigenvalue weighted by molar-refractivity contribution is 0.138. The number of aromatic amines is 1. The number of H-pyrrole nitrogens is 1. The zero-order valence-electron chi connectivity index (χ0n) is 9.54. The van der Waals surface area contributed by atoms with Crippen LogP contribution in [0, 0.1) is 0 Å². The quantitative estimate of drug-likeness (QED) is 0.782. The van der Waals surface area contributed by atoms with Gasteiger partial charge in [-0.3, -0.25) is 14.3 Å². The van der Waals surface area contributed by atoms with Crippen LogP contribution in [0.15, 0.2) is 23.1 Å². The van der Waals surface area contributed by atoms with Gasteiger partial charge >= 0.3 is 11.8 Å². The van der Waals surface area contributed by atoms with Crippen molar-refractivity contribution in [3.05, 3.63) is 34.6 Å². The summed E-state index contributed by atoms with van der Waals surface area (Å²) < 4.78 is 1.39. The van der Waals surface area contributed by atoms with Crippen LogP contribution in [0.3, 0.4) is 0 Å². The second kappa shape index (κ2) is 3.86. The average Bonchev–Trinajstić information content (AvgIpc) is 2.97. The molecule has 1 aliphatic heterocycles. The molecule has 0 aromatic carbocycles. The Bertz CT molecular complexity index is 660. The van der Waals surface area contributed by atoms with Gasteiger partial charge in [0.25, 0.3) is 0 Å². The van der Waals surface area contributed by atoms with Crippen molar-refractivity contribution in [2.24, 2.45) is 0 Å². The summed E-state index contributed by atoms with van der Waals surface area (Å²) in [4.78, 5) is 31.2. The summed E-state index contributed by atoms with van der Waals surface area (Å²) in [6, 6.07) is 3.10. The van der Waals surface area contributed by atoms with Crippen molar-refractivity contribution in [3.8, 4) is 0 Å². The molecule has 7 heteroatoms. The van der Waals surface area contributed by atoms with Gasteiger partial charge in [0.05, 0.1) is 6.04 Å². The molecule has 1 atom stereocenters. The molecule has 3 heterocycles. The third-order valence-corrected chi connectivity index (χ3v) is 3.23. The van der Waals surface area contributed by atoms with E-state index in [0.29, 0.717) is 24.4 Å². The molecule has 1 fully saturated rings. The van der Waals surface area contributed by atoms with Gasteiger partial charge in [0.15, 0.2) is 0 Å². The van der Waals surface area contributed by atoms with Gasteiger partial charge in [-0.15, -0.1) is 0 Å². The summed E-state index contributed by atoms with van der Waals surface area (Å²) in [5.74, 6) is 0.422. The van der Waals surface area contributed by atoms with E-state index in [-0.39, 0.29) is 11.7 Å². The van der Waals surface area contributed by atoms with E-state index in [0.717, 1.165) is 6.42 Å². The van der Waals surface area contributed by atoms with Gasteiger partial charge in [-0.1, -0.05) is 0 Å². The summed E-state index contributed by atoms with van der Waals surface area (Å²) in [6.07, 6.45) is 2.11. The number of nitrogens with one attached hydrogen (secondary N) is 1. The van der Waals surface area contributed by atoms with E-state index >= 15 is 0 Å². The van der Waals surface area contributed by atoms with E-state index in [4.69, 9.17) is 5.11 Å². The fraction of sp³-hybridized carbons (Fsp3) is 0.364. The molecule has 1 saturated heterocycles. The number of fused-ring (bicyclic) bond motifs is 1. The molecule has 1 aliphatic rings. The zero-order chi connectivity index (χ0) is 12.7. The van der Waals surface area contributed by atoms with Crippen LogP contribution in [0.5, 0.6) is 0 Å². The molecule has 0 saturated carbocycles. The number of aromatic nitrogens is 3. The Labute approximate surface area is 102 Å². The van der Waals surface area contributed by atoms with Crippen LogP contribution >= 0.6 is 0 Å². The molecule has 1 amide bonds. The standard InChI is InChI=1S/C11H12N4O3/c16-10-13-9(12-8-4-2-6-15(8)10)7-3-1-5-14(7)11(17)18/h2,4,6-7H,1,3,5H2,(H,17,18)(H,12,13,16). The summed E-state index contributed by atoms with van der Waals surface area (Å²) in [5, 5.41) is 9.09. The normalized spacial score (nSPS) is 19.6. The largest absolute Gasteiger partial charge is 0.465 e. The van der Waals surface area contributed by atoms with E-state index in [1.165, 1.54) is 9.30 Å². The minimum atomic E-state index is -0.976. The Morgan fingerprint density at radius 3 is 3.17 bits per heavy atom. The smallest absolute Gasteiger partial charge is 0.407 e. The van der Waals surface area contributed by atoms with E-state index in [9.17, 15) is 9.59 Å². The highest BCUT2D eigenvalue weighted by Crippen LogP contribution is 2.29. The van der Waals surface area contributed by atoms with Crippen molar-refractivity contribution in [3.63, 3.8) is 0 Å². The number of carbonyl (C=O) groups is 1. The lowest BCUT2D eigenvalue weighted by Gasteiger charge is -2.20. The van der Waals surface area contributed by atoms with Crippen LogP contribution in [0.2, 0.25) is 0 Å². The summed E-state index contributed by atoms with van der Waals surface area (Å²) in [6.45, 7) is 0.482. The second-order valence-electron chi connectivity index (χ2n) is 4.30. The monoisotopic (exact) mass is 248 g/mol. The molecular formula is C11H12N4O3. The van der Waals surface area contributed by atoms with Crippen LogP contribution in [-0.4, -0.2) is 37.0 Å². The molecule has 2 N–H and O–H groups in total. The Morgan fingerprint density at radius 2 is 2.39 bits per heavy atom. The minimum absolute atomic E-state index is 0.294. The number of likely N-dealkylation sites (tertiary alicyclic amines) is 1. The van der Waals surface area contributed by atoms with E-state index < -0.39 is 6.09 Å². The Morgan fingerprint density at radius 1 is 1.56 bits per heavy atom. The van der Waals surface area contributed by atoms with Gasteiger partial charge in [-0.2, -0.15) is 0 Å². The number of rotatable bonds is 1. The van der Waals surface area contributed by atoms with Gasteiger partial charge in [0.1, 0.15) is 11.5 Å². The van der Waals surface area contributed by atoms with Gasteiger partial charge in [-0.25, -0.2) is 14.6 Å². The first-order valence-electron chi connectivity index (χ1n) is 5.73. The Balaban J connectivity index is 2.08. The third-order valence-electron chi connectivity index (χ3n) is 3.23. The molecule has 3 rings (SSSR count). The lowest BCUT2D eigenvalue weighted by Crippen LogP contribution is -2.31. The Hall–Kier alpha value is -2.31. The molecule has 0 radical (unpaired) electrons. The van der Waals surface area contributed by atoms with Gasteiger partial charge in [-0.05, 0) is 25.0 Å². The minimum Gasteiger partial charge on any atom is -0.465 e. The summed E-state index contributed by atoms with van der Waals surface area (Å²) >= 11 is 0. The summed E-state index contributed by atoms with van der Waals surface area (Å²) in [7, 11) is 0. The maximum atomic E-state index is 11.8. The first-order valence-corrected chi connectivity index (χ1v) is 5.73. The second-order valence-corrected chi connectivity index (χ2v) is 4.30. The highest BCUT2D eigenvalue weighted by Gasteiger charge is 2.31. The van der Waals surface area contributed by atoms with Crippen LogP contribution in [-0.2, 0) is 0 Å². The van der Waals surface area contributed by atoms with Crippen molar-refractivity contribution in [1.82, 2.24) is 19.3 Å². The predicted molar refractivity (Wildman–Crippen MR) is 62.5 cm³/mol. The molecule has 2 aromatic heterocycles. The van der Waals surface area contributed by atoms with Gasteiger partial charge in [0.2, 0.25) is 0 Å². The van der Waals surface area contributed by atoms with Crippen molar-refractivity contribution in [1.29, 1.82) is 0 Å². The van der Waals surface area contributed by atoms with Crippen molar-refractivity contribution in [2.45, 2.75) is 18.9 Å². The van der Waals surface area contributed by atoms with Crippen molar-refractivity contribution in [2.75, 3.05) is 6.54 Å². The number of hydrogen-bond acceptors (Lipinski definition) is 3. The topological polar surface area (TPSA) is 90.7 Å². The number of amides is 1. The molecular weight excluding hydrogens is 236 g/mol. The molecule has 0 spiro atoms. The molecule has 2 aromatic rings. The summed E-state index contributed by atoms with van der Waals surface area (Å²) in [5.41, 5.74) is 0.239. The lowest BCUT2D eigenvalue weighted by atomic mass is 10.2. The Kier molecular flexibility index (Phi) is 2.32. The number of carboxylic acid groups (broad SMARTS) is 1. The molecule has 7 nitrogen and oxygen atoms in total. The molecule has 0 aliphatic carbocycles. The van der Waals surface area contributed by atoms with Crippen LogP contribution < -0.4 is 5.69 Å². The van der Waals surface area contributed by atoms with Gasteiger partial charge in [0, 0.05) is 12.7 Å².